The van der Waals surface area contributed by atoms with Crippen molar-refractivity contribution in [3.8, 4) is 6.07 Å². The molecular formula is C22H20N6O. The van der Waals surface area contributed by atoms with E-state index in [0.717, 1.165) is 13.1 Å². The Bertz CT molecular complexity index is 1040. The van der Waals surface area contributed by atoms with Gasteiger partial charge in [0.2, 0.25) is 0 Å². The van der Waals surface area contributed by atoms with Crippen LogP contribution in [0.3, 0.4) is 0 Å². The van der Waals surface area contributed by atoms with Gasteiger partial charge in [-0.2, -0.15) is 5.26 Å². The maximum absolute atomic E-state index is 12.9. The van der Waals surface area contributed by atoms with Crippen LogP contribution in [-0.4, -0.2) is 47.0 Å². The normalized spacial score (nSPS) is 13.6. The zero-order chi connectivity index (χ0) is 20.1. The minimum Gasteiger partial charge on any atom is -0.368 e. The first-order valence-electron chi connectivity index (χ1n) is 9.42. The maximum atomic E-state index is 12.9. The van der Waals surface area contributed by atoms with Gasteiger partial charge >= 0.3 is 0 Å². The Hall–Kier alpha value is -3.92. The van der Waals surface area contributed by atoms with Crippen molar-refractivity contribution in [2.24, 2.45) is 0 Å². The third kappa shape index (κ3) is 4.17. The van der Waals surface area contributed by atoms with Crippen LogP contribution >= 0.6 is 0 Å². The lowest BCUT2D eigenvalue weighted by molar-refractivity contribution is 0.0740. The molecule has 2 heterocycles. The van der Waals surface area contributed by atoms with E-state index in [1.807, 2.05) is 29.2 Å². The van der Waals surface area contributed by atoms with Gasteiger partial charge in [0.1, 0.15) is 23.9 Å². The molecule has 0 spiro atoms. The topological polar surface area (TPSA) is 85.2 Å². The quantitative estimate of drug-likeness (QED) is 0.744. The Labute approximate surface area is 169 Å². The number of rotatable bonds is 4. The number of piperazine rings is 1. The molecule has 0 bridgehead atoms. The van der Waals surface area contributed by atoms with Gasteiger partial charge in [-0.1, -0.05) is 30.3 Å². The van der Waals surface area contributed by atoms with Crippen LogP contribution in [0.4, 0.5) is 17.2 Å². The van der Waals surface area contributed by atoms with Gasteiger partial charge < -0.3 is 15.1 Å². The molecule has 1 amide bonds. The molecule has 4 rings (SSSR count). The lowest BCUT2D eigenvalue weighted by Crippen LogP contribution is -2.49. The van der Waals surface area contributed by atoms with Gasteiger partial charge in [0.05, 0.1) is 11.3 Å². The number of benzene rings is 2. The molecule has 7 nitrogen and oxygen atoms in total. The predicted molar refractivity (Wildman–Crippen MR) is 111 cm³/mol. The minimum atomic E-state index is -0.114. The lowest BCUT2D eigenvalue weighted by atomic mass is 10.2. The highest BCUT2D eigenvalue weighted by atomic mass is 16.2. The van der Waals surface area contributed by atoms with E-state index in [4.69, 9.17) is 0 Å². The summed E-state index contributed by atoms with van der Waals surface area (Å²) in [5, 5.41) is 12.3. The summed E-state index contributed by atoms with van der Waals surface area (Å²) in [6.45, 7) is 2.83. The zero-order valence-electron chi connectivity index (χ0n) is 15.8. The van der Waals surface area contributed by atoms with Crippen LogP contribution in [0.2, 0.25) is 0 Å². The molecule has 0 unspecified atom stereocenters. The first-order chi connectivity index (χ1) is 14.2. The molecular weight excluding hydrogens is 364 g/mol. The standard InChI is InChI=1S/C22H20N6O/c23-15-17-6-4-5-9-19(17)26-21-14-20(24-16-25-21)22(29)28-12-10-27(11-13-28)18-7-2-1-3-8-18/h1-9,14,16H,10-13H2,(H,24,25,26). The molecule has 1 aliphatic heterocycles. The summed E-state index contributed by atoms with van der Waals surface area (Å²) in [5.74, 6) is 0.366. The Morgan fingerprint density at radius 2 is 1.69 bits per heavy atom. The van der Waals surface area contributed by atoms with Crippen molar-refractivity contribution in [3.05, 3.63) is 78.2 Å². The predicted octanol–water partition coefficient (Wildman–Crippen LogP) is 3.05. The van der Waals surface area contributed by atoms with Gasteiger partial charge in [-0.25, -0.2) is 9.97 Å². The fourth-order valence-electron chi connectivity index (χ4n) is 3.34. The second-order valence-electron chi connectivity index (χ2n) is 6.69. The Kier molecular flexibility index (Phi) is 5.34. The Morgan fingerprint density at radius 3 is 2.45 bits per heavy atom. The summed E-state index contributed by atoms with van der Waals surface area (Å²) in [6.07, 6.45) is 1.37. The molecule has 29 heavy (non-hydrogen) atoms. The van der Waals surface area contributed by atoms with Crippen molar-refractivity contribution in [2.45, 2.75) is 0 Å². The number of carbonyl (C=O) groups is 1. The van der Waals surface area contributed by atoms with Crippen LogP contribution in [-0.2, 0) is 0 Å². The van der Waals surface area contributed by atoms with Crippen molar-refractivity contribution in [2.75, 3.05) is 36.4 Å². The first-order valence-corrected chi connectivity index (χ1v) is 9.42. The van der Waals surface area contributed by atoms with Crippen molar-refractivity contribution in [3.63, 3.8) is 0 Å². The molecule has 0 saturated carbocycles. The van der Waals surface area contributed by atoms with E-state index in [0.29, 0.717) is 35.9 Å². The van der Waals surface area contributed by atoms with Gasteiger partial charge in [-0.3, -0.25) is 4.79 Å². The second-order valence-corrected chi connectivity index (χ2v) is 6.69. The van der Waals surface area contributed by atoms with Crippen molar-refractivity contribution in [1.29, 1.82) is 5.26 Å². The maximum Gasteiger partial charge on any atom is 0.272 e. The van der Waals surface area contributed by atoms with Gasteiger partial charge in [0.25, 0.3) is 5.91 Å². The number of nitriles is 1. The highest BCUT2D eigenvalue weighted by Gasteiger charge is 2.23. The molecule has 1 N–H and O–H groups in total. The van der Waals surface area contributed by atoms with Crippen molar-refractivity contribution < 1.29 is 4.79 Å². The lowest BCUT2D eigenvalue weighted by Gasteiger charge is -2.36. The molecule has 1 aliphatic rings. The van der Waals surface area contributed by atoms with Crippen LogP contribution in [0, 0.1) is 11.3 Å². The average Bonchev–Trinajstić information content (AvgIpc) is 2.80. The van der Waals surface area contributed by atoms with Crippen LogP contribution in [0.1, 0.15) is 16.1 Å². The molecule has 2 aromatic carbocycles. The van der Waals surface area contributed by atoms with Gasteiger partial charge in [0.15, 0.2) is 0 Å². The highest BCUT2D eigenvalue weighted by molar-refractivity contribution is 5.93. The monoisotopic (exact) mass is 384 g/mol. The van der Waals surface area contributed by atoms with E-state index < -0.39 is 0 Å². The van der Waals surface area contributed by atoms with Crippen LogP contribution < -0.4 is 10.2 Å². The van der Waals surface area contributed by atoms with Gasteiger partial charge in [-0.15, -0.1) is 0 Å². The molecule has 7 heteroatoms. The van der Waals surface area contributed by atoms with Crippen molar-refractivity contribution >= 4 is 23.1 Å². The third-order valence-electron chi connectivity index (χ3n) is 4.88. The number of aromatic nitrogens is 2. The zero-order valence-corrected chi connectivity index (χ0v) is 15.8. The summed E-state index contributed by atoms with van der Waals surface area (Å²) in [6, 6.07) is 21.1. The third-order valence-corrected chi connectivity index (χ3v) is 4.88. The van der Waals surface area contributed by atoms with Gasteiger partial charge in [0, 0.05) is 37.9 Å². The summed E-state index contributed by atoms with van der Waals surface area (Å²) < 4.78 is 0. The van der Waals surface area contributed by atoms with Crippen molar-refractivity contribution in [1.82, 2.24) is 14.9 Å². The van der Waals surface area contributed by atoms with E-state index in [1.54, 1.807) is 24.3 Å². The number of hydrogen-bond donors (Lipinski definition) is 1. The smallest absolute Gasteiger partial charge is 0.272 e. The van der Waals surface area contributed by atoms with E-state index in [9.17, 15) is 10.1 Å². The number of anilines is 3. The summed E-state index contributed by atoms with van der Waals surface area (Å²) in [5.41, 5.74) is 2.66. The van der Waals surface area contributed by atoms with Crippen LogP contribution in [0.25, 0.3) is 0 Å². The largest absolute Gasteiger partial charge is 0.368 e. The number of nitrogens with one attached hydrogen (secondary N) is 1. The highest BCUT2D eigenvalue weighted by Crippen LogP contribution is 2.20. The summed E-state index contributed by atoms with van der Waals surface area (Å²) in [4.78, 5) is 25.3. The number of nitrogens with zero attached hydrogens (tertiary/aromatic N) is 5. The molecule has 0 radical (unpaired) electrons. The summed E-state index contributed by atoms with van der Waals surface area (Å²) >= 11 is 0. The summed E-state index contributed by atoms with van der Waals surface area (Å²) in [7, 11) is 0. The number of para-hydroxylation sites is 2. The Balaban J connectivity index is 1.43. The molecule has 1 saturated heterocycles. The van der Waals surface area contributed by atoms with E-state index >= 15 is 0 Å². The number of carbonyl (C=O) groups excluding carboxylic acids is 1. The second kappa shape index (κ2) is 8.40. The Morgan fingerprint density at radius 1 is 0.966 bits per heavy atom. The number of amides is 1. The molecule has 1 fully saturated rings. The molecule has 144 valence electrons. The van der Waals surface area contributed by atoms with Crippen LogP contribution in [0.5, 0.6) is 0 Å². The van der Waals surface area contributed by atoms with Gasteiger partial charge in [-0.05, 0) is 24.3 Å². The molecule has 1 aromatic heterocycles. The minimum absolute atomic E-state index is 0.114. The first kappa shape index (κ1) is 18.4. The van der Waals surface area contributed by atoms with Crippen LogP contribution in [0.15, 0.2) is 67.0 Å². The number of hydrogen-bond acceptors (Lipinski definition) is 6. The fraction of sp³-hybridized carbons (Fsp3) is 0.182. The SMILES string of the molecule is N#Cc1ccccc1Nc1cc(C(=O)N2CCN(c3ccccc3)CC2)ncn1. The van der Waals surface area contributed by atoms with E-state index in [2.05, 4.69) is 38.4 Å². The molecule has 0 aliphatic carbocycles. The van der Waals surface area contributed by atoms with E-state index in [1.165, 1.54) is 12.0 Å². The molecule has 0 atom stereocenters. The average molecular weight is 384 g/mol. The molecule has 3 aromatic rings. The fourth-order valence-corrected chi connectivity index (χ4v) is 3.34. The van der Waals surface area contributed by atoms with E-state index in [-0.39, 0.29) is 5.91 Å².